The summed E-state index contributed by atoms with van der Waals surface area (Å²) in [6.45, 7) is 2.10. The Bertz CT molecular complexity index is 2590. The molecule has 0 N–H and O–H groups in total. The molecule has 0 saturated heterocycles. The molecule has 0 atom stereocenters. The van der Waals surface area contributed by atoms with E-state index in [0.717, 1.165) is 72.6 Å². The number of nitrogens with zero attached hydrogens (tertiary/aromatic N) is 5. The molecular formula is C50H35N5. The van der Waals surface area contributed by atoms with Gasteiger partial charge in [0.15, 0.2) is 17.5 Å². The van der Waals surface area contributed by atoms with Gasteiger partial charge in [-0.15, -0.1) is 0 Å². The van der Waals surface area contributed by atoms with Crippen molar-refractivity contribution in [2.24, 2.45) is 0 Å². The van der Waals surface area contributed by atoms with Gasteiger partial charge in [0, 0.05) is 27.8 Å². The highest BCUT2D eigenvalue weighted by molar-refractivity contribution is 5.80. The zero-order valence-corrected chi connectivity index (χ0v) is 30.2. The van der Waals surface area contributed by atoms with Crippen LogP contribution in [0.3, 0.4) is 0 Å². The van der Waals surface area contributed by atoms with Crippen molar-refractivity contribution < 1.29 is 0 Å². The maximum Gasteiger partial charge on any atom is 0.164 e. The van der Waals surface area contributed by atoms with Crippen LogP contribution in [0.4, 0.5) is 0 Å². The van der Waals surface area contributed by atoms with Crippen molar-refractivity contribution in [1.82, 2.24) is 24.9 Å². The van der Waals surface area contributed by atoms with Gasteiger partial charge in [-0.05, 0) is 58.5 Å². The van der Waals surface area contributed by atoms with E-state index in [1.165, 1.54) is 5.56 Å². The molecule has 0 spiro atoms. The van der Waals surface area contributed by atoms with E-state index >= 15 is 0 Å². The van der Waals surface area contributed by atoms with Gasteiger partial charge < -0.3 is 0 Å². The molecule has 0 aliphatic rings. The number of rotatable bonds is 8. The van der Waals surface area contributed by atoms with Crippen LogP contribution in [-0.2, 0) is 0 Å². The number of aryl methyl sites for hydroxylation is 1. The Morgan fingerprint density at radius 3 is 1.07 bits per heavy atom. The molecule has 55 heavy (non-hydrogen) atoms. The molecule has 0 fully saturated rings. The lowest BCUT2D eigenvalue weighted by Crippen LogP contribution is -2.01. The molecule has 260 valence electrons. The van der Waals surface area contributed by atoms with E-state index < -0.39 is 0 Å². The van der Waals surface area contributed by atoms with Crippen molar-refractivity contribution in [1.29, 1.82) is 0 Å². The van der Waals surface area contributed by atoms with Crippen molar-refractivity contribution in [3.63, 3.8) is 0 Å². The van der Waals surface area contributed by atoms with Crippen LogP contribution >= 0.6 is 0 Å². The second-order valence-corrected chi connectivity index (χ2v) is 13.5. The van der Waals surface area contributed by atoms with Gasteiger partial charge in [0.1, 0.15) is 0 Å². The smallest absolute Gasteiger partial charge is 0.164 e. The molecule has 9 aromatic rings. The van der Waals surface area contributed by atoms with E-state index in [1.54, 1.807) is 0 Å². The maximum absolute atomic E-state index is 5.15. The fourth-order valence-electron chi connectivity index (χ4n) is 6.70. The molecule has 0 unspecified atom stereocenters. The monoisotopic (exact) mass is 705 g/mol. The van der Waals surface area contributed by atoms with E-state index in [4.69, 9.17) is 24.9 Å². The highest BCUT2D eigenvalue weighted by Crippen LogP contribution is 2.34. The lowest BCUT2D eigenvalue weighted by atomic mass is 9.97. The van der Waals surface area contributed by atoms with E-state index in [1.807, 2.05) is 54.9 Å². The first-order chi connectivity index (χ1) is 27.1. The molecule has 0 aliphatic heterocycles. The van der Waals surface area contributed by atoms with Gasteiger partial charge in [0.05, 0.1) is 23.8 Å². The second-order valence-electron chi connectivity index (χ2n) is 13.5. The summed E-state index contributed by atoms with van der Waals surface area (Å²) < 4.78 is 0. The van der Waals surface area contributed by atoms with Gasteiger partial charge in [0.25, 0.3) is 0 Å². The minimum atomic E-state index is 0.573. The van der Waals surface area contributed by atoms with Crippen molar-refractivity contribution in [2.45, 2.75) is 6.92 Å². The predicted molar refractivity (Wildman–Crippen MR) is 224 cm³/mol. The largest absolute Gasteiger partial charge is 0.252 e. The van der Waals surface area contributed by atoms with E-state index in [2.05, 4.69) is 146 Å². The SMILES string of the molecule is Cc1ccc(-c2cc(-c3cnc(-c4ccccc4)cn3)cc(-c3nc(-c4ccc(-c5ccccc5)cc4)nc(-c4ccc(-c5ccccc5)cc4)n3)c2)cc1. The summed E-state index contributed by atoms with van der Waals surface area (Å²) in [6, 6.07) is 62.7. The minimum absolute atomic E-state index is 0.573. The molecule has 2 aromatic heterocycles. The molecule has 5 nitrogen and oxygen atoms in total. The van der Waals surface area contributed by atoms with Gasteiger partial charge in [-0.25, -0.2) is 15.0 Å². The zero-order valence-electron chi connectivity index (χ0n) is 30.2. The van der Waals surface area contributed by atoms with Crippen molar-refractivity contribution in [3.8, 4) is 90.1 Å². The molecule has 5 heteroatoms. The second kappa shape index (κ2) is 14.9. The summed E-state index contributed by atoms with van der Waals surface area (Å²) in [5.74, 6) is 1.77. The van der Waals surface area contributed by atoms with Gasteiger partial charge in [-0.3, -0.25) is 9.97 Å². The third-order valence-electron chi connectivity index (χ3n) is 9.73. The highest BCUT2D eigenvalue weighted by atomic mass is 15.0. The first-order valence-corrected chi connectivity index (χ1v) is 18.3. The summed E-state index contributed by atoms with van der Waals surface area (Å²) in [6.07, 6.45) is 3.67. The minimum Gasteiger partial charge on any atom is -0.252 e. The Morgan fingerprint density at radius 2 is 0.600 bits per heavy atom. The molecule has 0 saturated carbocycles. The summed E-state index contributed by atoms with van der Waals surface area (Å²) in [4.78, 5) is 25.1. The van der Waals surface area contributed by atoms with Crippen molar-refractivity contribution in [2.75, 3.05) is 0 Å². The molecule has 7 aromatic carbocycles. The fourth-order valence-corrected chi connectivity index (χ4v) is 6.70. The van der Waals surface area contributed by atoms with Crippen molar-refractivity contribution >= 4 is 0 Å². The van der Waals surface area contributed by atoms with Crippen LogP contribution in [0.25, 0.3) is 90.1 Å². The summed E-state index contributed by atoms with van der Waals surface area (Å²) >= 11 is 0. The van der Waals surface area contributed by atoms with Crippen LogP contribution in [0.5, 0.6) is 0 Å². The van der Waals surface area contributed by atoms with Crippen LogP contribution in [0.15, 0.2) is 194 Å². The molecule has 9 rings (SSSR count). The number of benzene rings is 7. The average Bonchev–Trinajstić information content (AvgIpc) is 3.27. The lowest BCUT2D eigenvalue weighted by molar-refractivity contribution is 1.07. The topological polar surface area (TPSA) is 64.5 Å². The highest BCUT2D eigenvalue weighted by Gasteiger charge is 2.16. The van der Waals surface area contributed by atoms with E-state index in [9.17, 15) is 0 Å². The van der Waals surface area contributed by atoms with Crippen molar-refractivity contribution in [3.05, 3.63) is 200 Å². The molecule has 0 amide bonds. The number of hydrogen-bond acceptors (Lipinski definition) is 5. The van der Waals surface area contributed by atoms with Gasteiger partial charge in [-0.1, -0.05) is 169 Å². The third kappa shape index (κ3) is 7.32. The van der Waals surface area contributed by atoms with Crippen LogP contribution in [-0.4, -0.2) is 24.9 Å². The molecule has 0 radical (unpaired) electrons. The Hall–Kier alpha value is -7.37. The number of aromatic nitrogens is 5. The predicted octanol–water partition coefficient (Wildman–Crippen LogP) is 12.3. The molecular weight excluding hydrogens is 671 g/mol. The molecule has 0 aliphatic carbocycles. The third-order valence-corrected chi connectivity index (χ3v) is 9.73. The zero-order chi connectivity index (χ0) is 37.0. The fraction of sp³-hybridized carbons (Fsp3) is 0.0200. The normalized spacial score (nSPS) is 11.0. The Kier molecular flexibility index (Phi) is 9.09. The van der Waals surface area contributed by atoms with Crippen LogP contribution in [0.2, 0.25) is 0 Å². The van der Waals surface area contributed by atoms with Crippen LogP contribution < -0.4 is 0 Å². The summed E-state index contributed by atoms with van der Waals surface area (Å²) in [5.41, 5.74) is 14.1. The molecule has 0 bridgehead atoms. The lowest BCUT2D eigenvalue weighted by Gasteiger charge is -2.13. The Morgan fingerprint density at radius 1 is 0.273 bits per heavy atom. The van der Waals surface area contributed by atoms with Gasteiger partial charge in [0.2, 0.25) is 0 Å². The first kappa shape index (κ1) is 33.5. The summed E-state index contributed by atoms with van der Waals surface area (Å²) in [5, 5.41) is 0. The first-order valence-electron chi connectivity index (χ1n) is 18.3. The maximum atomic E-state index is 5.15. The van der Waals surface area contributed by atoms with E-state index in [-0.39, 0.29) is 0 Å². The van der Waals surface area contributed by atoms with Gasteiger partial charge >= 0.3 is 0 Å². The van der Waals surface area contributed by atoms with Gasteiger partial charge in [-0.2, -0.15) is 0 Å². The average molecular weight is 706 g/mol. The Labute approximate surface area is 320 Å². The Balaban J connectivity index is 1.18. The summed E-state index contributed by atoms with van der Waals surface area (Å²) in [7, 11) is 0. The van der Waals surface area contributed by atoms with E-state index in [0.29, 0.717) is 17.5 Å². The van der Waals surface area contributed by atoms with Crippen LogP contribution in [0.1, 0.15) is 5.56 Å². The van der Waals surface area contributed by atoms with Crippen LogP contribution in [0, 0.1) is 6.92 Å². The number of hydrogen-bond donors (Lipinski definition) is 0. The standard InChI is InChI=1S/C50H35N5/c1-34-17-19-39(20-18-34)43-29-44(47-33-51-46(32-52-47)40-15-9-4-10-16-40)31-45(30-43)50-54-48(41-25-21-37(22-26-41)35-11-5-2-6-12-35)53-49(55-50)42-27-23-38(24-28-42)36-13-7-3-8-14-36/h2-33H,1H3. The quantitative estimate of drug-likeness (QED) is 0.157. The molecule has 2 heterocycles.